The van der Waals surface area contributed by atoms with E-state index in [2.05, 4.69) is 21.2 Å². The number of halogens is 2. The molecule has 0 heterocycles. The molecule has 1 aliphatic carbocycles. The summed E-state index contributed by atoms with van der Waals surface area (Å²) < 4.78 is 6.93. The SMILES string of the molecule is Cc1ccc(Br)cc1Oc1ccc(CNC2CC2)c(Cl)c1. The van der Waals surface area contributed by atoms with Gasteiger partial charge in [-0.2, -0.15) is 0 Å². The molecule has 2 aromatic carbocycles. The highest BCUT2D eigenvalue weighted by atomic mass is 79.9. The van der Waals surface area contributed by atoms with Crippen LogP contribution >= 0.6 is 27.5 Å². The zero-order valence-electron chi connectivity index (χ0n) is 11.8. The summed E-state index contributed by atoms with van der Waals surface area (Å²) in [5, 5.41) is 4.21. The summed E-state index contributed by atoms with van der Waals surface area (Å²) in [5.41, 5.74) is 2.20. The number of nitrogens with one attached hydrogen (secondary N) is 1. The number of hydrogen-bond acceptors (Lipinski definition) is 2. The van der Waals surface area contributed by atoms with Crippen molar-refractivity contribution in [2.45, 2.75) is 32.4 Å². The minimum atomic E-state index is 0.682. The highest BCUT2D eigenvalue weighted by Gasteiger charge is 2.20. The van der Waals surface area contributed by atoms with Crippen LogP contribution in [-0.4, -0.2) is 6.04 Å². The number of benzene rings is 2. The molecule has 0 spiro atoms. The second-order valence-corrected chi connectivity index (χ2v) is 6.74. The van der Waals surface area contributed by atoms with Crippen molar-refractivity contribution in [1.82, 2.24) is 5.32 Å². The normalized spacial score (nSPS) is 14.2. The Morgan fingerprint density at radius 2 is 2.05 bits per heavy atom. The average molecular weight is 367 g/mol. The van der Waals surface area contributed by atoms with Crippen molar-refractivity contribution in [3.63, 3.8) is 0 Å². The standard InChI is InChI=1S/C17H17BrClNO/c1-11-2-4-13(18)8-17(11)21-15-7-3-12(16(19)9-15)10-20-14-5-6-14/h2-4,7-9,14,20H,5-6,10H2,1H3. The van der Waals surface area contributed by atoms with E-state index >= 15 is 0 Å². The van der Waals surface area contributed by atoms with Crippen LogP contribution in [0.2, 0.25) is 5.02 Å². The van der Waals surface area contributed by atoms with Crippen molar-refractivity contribution in [2.75, 3.05) is 0 Å². The molecule has 0 atom stereocenters. The Kier molecular flexibility index (Phi) is 4.53. The number of hydrogen-bond donors (Lipinski definition) is 1. The van der Waals surface area contributed by atoms with E-state index in [-0.39, 0.29) is 0 Å². The monoisotopic (exact) mass is 365 g/mol. The topological polar surface area (TPSA) is 21.3 Å². The van der Waals surface area contributed by atoms with Gasteiger partial charge in [0.1, 0.15) is 11.5 Å². The third kappa shape index (κ3) is 4.00. The van der Waals surface area contributed by atoms with E-state index in [4.69, 9.17) is 16.3 Å². The summed E-state index contributed by atoms with van der Waals surface area (Å²) in [6.07, 6.45) is 2.56. The number of aryl methyl sites for hydroxylation is 1. The van der Waals surface area contributed by atoms with Gasteiger partial charge >= 0.3 is 0 Å². The van der Waals surface area contributed by atoms with Crippen molar-refractivity contribution in [2.24, 2.45) is 0 Å². The second-order valence-electron chi connectivity index (χ2n) is 5.42. The van der Waals surface area contributed by atoms with Gasteiger partial charge in [0.05, 0.1) is 0 Å². The van der Waals surface area contributed by atoms with E-state index < -0.39 is 0 Å². The van der Waals surface area contributed by atoms with Gasteiger partial charge in [0, 0.05) is 22.1 Å². The predicted octanol–water partition coefficient (Wildman–Crippen LogP) is 5.46. The first-order chi connectivity index (χ1) is 10.1. The van der Waals surface area contributed by atoms with E-state index in [1.165, 1.54) is 12.8 Å². The number of ether oxygens (including phenoxy) is 1. The maximum Gasteiger partial charge on any atom is 0.131 e. The molecule has 0 bridgehead atoms. The minimum absolute atomic E-state index is 0.682. The van der Waals surface area contributed by atoms with Gasteiger partial charge < -0.3 is 10.1 Å². The van der Waals surface area contributed by atoms with E-state index in [0.717, 1.165) is 38.7 Å². The third-order valence-corrected chi connectivity index (χ3v) is 4.41. The maximum absolute atomic E-state index is 6.34. The molecule has 0 aromatic heterocycles. The van der Waals surface area contributed by atoms with E-state index in [9.17, 15) is 0 Å². The van der Waals surface area contributed by atoms with Crippen molar-refractivity contribution < 1.29 is 4.74 Å². The minimum Gasteiger partial charge on any atom is -0.457 e. The molecule has 1 saturated carbocycles. The quantitative estimate of drug-likeness (QED) is 0.759. The Labute approximate surface area is 138 Å². The second kappa shape index (κ2) is 6.39. The van der Waals surface area contributed by atoms with Gasteiger partial charge in [0.15, 0.2) is 0 Å². The van der Waals surface area contributed by atoms with Crippen molar-refractivity contribution in [3.05, 3.63) is 57.0 Å². The molecule has 2 aromatic rings. The van der Waals surface area contributed by atoms with Gasteiger partial charge in [-0.15, -0.1) is 0 Å². The van der Waals surface area contributed by atoms with Crippen LogP contribution in [0, 0.1) is 6.92 Å². The summed E-state index contributed by atoms with van der Waals surface area (Å²) in [4.78, 5) is 0. The smallest absolute Gasteiger partial charge is 0.131 e. The summed E-state index contributed by atoms with van der Waals surface area (Å²) in [5.74, 6) is 1.60. The molecule has 21 heavy (non-hydrogen) atoms. The molecule has 1 N–H and O–H groups in total. The van der Waals surface area contributed by atoms with Gasteiger partial charge in [0.2, 0.25) is 0 Å². The van der Waals surface area contributed by atoms with Crippen LogP contribution in [0.3, 0.4) is 0 Å². The molecule has 0 amide bonds. The fraction of sp³-hybridized carbons (Fsp3) is 0.294. The third-order valence-electron chi connectivity index (χ3n) is 3.56. The van der Waals surface area contributed by atoms with Gasteiger partial charge in [-0.3, -0.25) is 0 Å². The van der Waals surface area contributed by atoms with Gasteiger partial charge in [-0.05, 0) is 55.2 Å². The lowest BCUT2D eigenvalue weighted by Gasteiger charge is -2.11. The molecule has 4 heteroatoms. The fourth-order valence-corrected chi connectivity index (χ4v) is 2.66. The first-order valence-corrected chi connectivity index (χ1v) is 8.25. The van der Waals surface area contributed by atoms with Crippen LogP contribution in [0.4, 0.5) is 0 Å². The lowest BCUT2D eigenvalue weighted by molar-refractivity contribution is 0.478. The highest BCUT2D eigenvalue weighted by Crippen LogP contribution is 2.31. The molecule has 0 saturated heterocycles. The molecule has 3 rings (SSSR count). The molecule has 1 fully saturated rings. The van der Waals surface area contributed by atoms with Crippen LogP contribution in [0.5, 0.6) is 11.5 Å². The van der Waals surface area contributed by atoms with Crippen molar-refractivity contribution >= 4 is 27.5 Å². The van der Waals surface area contributed by atoms with Gasteiger partial charge in [-0.1, -0.05) is 39.7 Å². The Hall–Kier alpha value is -1.03. The van der Waals surface area contributed by atoms with Gasteiger partial charge in [0.25, 0.3) is 0 Å². The summed E-state index contributed by atoms with van der Waals surface area (Å²) >= 11 is 9.80. The zero-order valence-corrected chi connectivity index (χ0v) is 14.2. The lowest BCUT2D eigenvalue weighted by Crippen LogP contribution is -2.15. The molecular formula is C17H17BrClNO. The summed E-state index contributed by atoms with van der Waals surface area (Å²) in [7, 11) is 0. The Balaban J connectivity index is 1.73. The Morgan fingerprint density at radius 1 is 1.24 bits per heavy atom. The van der Waals surface area contributed by atoms with Crippen LogP contribution in [0.15, 0.2) is 40.9 Å². The molecular weight excluding hydrogens is 350 g/mol. The lowest BCUT2D eigenvalue weighted by atomic mass is 10.2. The van der Waals surface area contributed by atoms with Crippen molar-refractivity contribution in [1.29, 1.82) is 0 Å². The molecule has 0 radical (unpaired) electrons. The van der Waals surface area contributed by atoms with Gasteiger partial charge in [-0.25, -0.2) is 0 Å². The van der Waals surface area contributed by atoms with Crippen LogP contribution in [0.1, 0.15) is 24.0 Å². The largest absolute Gasteiger partial charge is 0.457 e. The van der Waals surface area contributed by atoms with Crippen LogP contribution < -0.4 is 10.1 Å². The number of rotatable bonds is 5. The Bertz CT molecular complexity index is 655. The first kappa shape index (κ1) is 14.9. The first-order valence-electron chi connectivity index (χ1n) is 7.07. The fourth-order valence-electron chi connectivity index (χ4n) is 2.09. The van der Waals surface area contributed by atoms with Crippen LogP contribution in [0.25, 0.3) is 0 Å². The molecule has 110 valence electrons. The van der Waals surface area contributed by atoms with E-state index in [1.54, 1.807) is 0 Å². The average Bonchev–Trinajstić information content (AvgIpc) is 3.26. The van der Waals surface area contributed by atoms with Crippen molar-refractivity contribution in [3.8, 4) is 11.5 Å². The molecule has 0 aliphatic heterocycles. The summed E-state index contributed by atoms with van der Waals surface area (Å²) in [6, 6.07) is 12.5. The zero-order chi connectivity index (χ0) is 14.8. The van der Waals surface area contributed by atoms with E-state index in [0.29, 0.717) is 6.04 Å². The predicted molar refractivity (Wildman–Crippen MR) is 90.3 cm³/mol. The highest BCUT2D eigenvalue weighted by molar-refractivity contribution is 9.10. The Morgan fingerprint density at radius 3 is 2.76 bits per heavy atom. The molecule has 2 nitrogen and oxygen atoms in total. The van der Waals surface area contributed by atoms with E-state index in [1.807, 2.05) is 43.3 Å². The maximum atomic E-state index is 6.34. The molecule has 0 unspecified atom stereocenters. The molecule has 1 aliphatic rings. The van der Waals surface area contributed by atoms with Crippen LogP contribution in [-0.2, 0) is 6.54 Å². The summed E-state index contributed by atoms with van der Waals surface area (Å²) in [6.45, 7) is 2.84.